The lowest BCUT2D eigenvalue weighted by molar-refractivity contribution is 0.401. The Bertz CT molecular complexity index is 575. The average molecular weight is 227 g/mol. The van der Waals surface area contributed by atoms with Crippen LogP contribution in [-0.2, 0) is 6.67 Å². The van der Waals surface area contributed by atoms with Crippen LogP contribution in [0.2, 0.25) is 5.02 Å². The molecule has 1 heterocycles. The summed E-state index contributed by atoms with van der Waals surface area (Å²) in [6, 6.07) is 4.33. The van der Waals surface area contributed by atoms with E-state index in [1.807, 2.05) is 0 Å². The van der Waals surface area contributed by atoms with Crippen LogP contribution in [0, 0.1) is 6.92 Å². The second-order valence-corrected chi connectivity index (χ2v) is 3.72. The molecular weight excluding hydrogens is 219 g/mol. The third kappa shape index (κ3) is 1.75. The highest BCUT2D eigenvalue weighted by Crippen LogP contribution is 2.22. The Balaban J connectivity index is 2.86. The predicted octanol–water partition coefficient (Wildman–Crippen LogP) is 3.22. The lowest BCUT2D eigenvalue weighted by Crippen LogP contribution is -2.01. The molecule has 0 aliphatic heterocycles. The van der Waals surface area contributed by atoms with E-state index >= 15 is 0 Å². The van der Waals surface area contributed by atoms with Crippen LogP contribution in [0.5, 0.6) is 0 Å². The summed E-state index contributed by atoms with van der Waals surface area (Å²) in [5.41, 5.74) is 0.895. The highest BCUT2D eigenvalue weighted by molar-refractivity contribution is 6.32. The molecule has 0 fully saturated rings. The van der Waals surface area contributed by atoms with Gasteiger partial charge in [-0.3, -0.25) is 4.79 Å². The van der Waals surface area contributed by atoms with Gasteiger partial charge in [0.05, 0.1) is 5.39 Å². The van der Waals surface area contributed by atoms with E-state index in [1.54, 1.807) is 19.1 Å². The van der Waals surface area contributed by atoms with Gasteiger partial charge in [0, 0.05) is 11.1 Å². The first-order valence-corrected chi connectivity index (χ1v) is 4.78. The smallest absolute Gasteiger partial charge is 0.193 e. The van der Waals surface area contributed by atoms with Crippen molar-refractivity contribution in [3.63, 3.8) is 0 Å². The third-order valence-corrected chi connectivity index (χ3v) is 2.60. The molecule has 0 amide bonds. The second kappa shape index (κ2) is 3.66. The van der Waals surface area contributed by atoms with Crippen molar-refractivity contribution in [1.82, 2.24) is 0 Å². The largest absolute Gasteiger partial charge is 0.458 e. The molecular formula is C11H8ClFO2. The average Bonchev–Trinajstić information content (AvgIpc) is 2.21. The third-order valence-electron chi connectivity index (χ3n) is 2.19. The van der Waals surface area contributed by atoms with Crippen molar-refractivity contribution in [2.75, 3.05) is 0 Å². The number of halogens is 2. The molecule has 78 valence electrons. The van der Waals surface area contributed by atoms with Gasteiger partial charge in [-0.15, -0.1) is 0 Å². The van der Waals surface area contributed by atoms with Crippen LogP contribution >= 0.6 is 11.6 Å². The van der Waals surface area contributed by atoms with Crippen LogP contribution in [0.15, 0.2) is 27.4 Å². The molecule has 2 nitrogen and oxygen atoms in total. The normalized spacial score (nSPS) is 10.9. The fraction of sp³-hybridized carbons (Fsp3) is 0.182. The highest BCUT2D eigenvalue weighted by atomic mass is 35.5. The van der Waals surface area contributed by atoms with Gasteiger partial charge in [-0.05, 0) is 24.6 Å². The summed E-state index contributed by atoms with van der Waals surface area (Å²) in [7, 11) is 0. The van der Waals surface area contributed by atoms with E-state index < -0.39 is 6.67 Å². The Morgan fingerprint density at radius 2 is 2.13 bits per heavy atom. The van der Waals surface area contributed by atoms with Crippen LogP contribution in [0.25, 0.3) is 11.0 Å². The minimum Gasteiger partial charge on any atom is -0.458 e. The molecule has 0 saturated carbocycles. The Kier molecular flexibility index (Phi) is 2.49. The van der Waals surface area contributed by atoms with Crippen molar-refractivity contribution in [3.8, 4) is 0 Å². The number of aryl methyl sites for hydroxylation is 1. The molecule has 0 radical (unpaired) electrons. The lowest BCUT2D eigenvalue weighted by Gasteiger charge is -2.02. The van der Waals surface area contributed by atoms with Crippen molar-refractivity contribution in [2.24, 2.45) is 0 Å². The van der Waals surface area contributed by atoms with Crippen LogP contribution < -0.4 is 5.43 Å². The van der Waals surface area contributed by atoms with E-state index in [1.165, 1.54) is 0 Å². The molecule has 0 spiro atoms. The lowest BCUT2D eigenvalue weighted by atomic mass is 10.1. The first kappa shape index (κ1) is 10.2. The molecule has 15 heavy (non-hydrogen) atoms. The van der Waals surface area contributed by atoms with Gasteiger partial charge in [-0.25, -0.2) is 4.39 Å². The van der Waals surface area contributed by atoms with E-state index in [9.17, 15) is 9.18 Å². The molecule has 2 rings (SSSR count). The Hall–Kier alpha value is -1.35. The number of hydrogen-bond donors (Lipinski definition) is 0. The first-order valence-electron chi connectivity index (χ1n) is 4.40. The standard InChI is InChI=1S/C11H8ClFO2/c1-6-2-11-8(4-9(6)12)10(14)3-7(5-13)15-11/h2-4H,5H2,1H3. The molecule has 1 aromatic carbocycles. The summed E-state index contributed by atoms with van der Waals surface area (Å²) in [6.07, 6.45) is 0. The van der Waals surface area contributed by atoms with Gasteiger partial charge in [-0.1, -0.05) is 11.6 Å². The summed E-state index contributed by atoms with van der Waals surface area (Å²) in [5.74, 6) is 0.0363. The van der Waals surface area contributed by atoms with Gasteiger partial charge < -0.3 is 4.42 Å². The molecule has 0 aliphatic rings. The quantitative estimate of drug-likeness (QED) is 0.747. The van der Waals surface area contributed by atoms with E-state index in [2.05, 4.69) is 0 Å². The summed E-state index contributed by atoms with van der Waals surface area (Å²) in [6.45, 7) is 1.01. The van der Waals surface area contributed by atoms with Gasteiger partial charge in [0.1, 0.15) is 18.0 Å². The molecule has 0 aliphatic carbocycles. The molecule has 0 saturated heterocycles. The predicted molar refractivity (Wildman–Crippen MR) is 57.0 cm³/mol. The zero-order valence-electron chi connectivity index (χ0n) is 8.01. The van der Waals surface area contributed by atoms with E-state index in [-0.39, 0.29) is 11.2 Å². The van der Waals surface area contributed by atoms with Gasteiger partial charge in [-0.2, -0.15) is 0 Å². The van der Waals surface area contributed by atoms with E-state index in [0.29, 0.717) is 16.0 Å². The SMILES string of the molecule is Cc1cc2oc(CF)cc(=O)c2cc1Cl. The molecule has 4 heteroatoms. The minimum absolute atomic E-state index is 0.0363. The zero-order chi connectivity index (χ0) is 11.0. The van der Waals surface area contributed by atoms with Crippen molar-refractivity contribution >= 4 is 22.6 Å². The summed E-state index contributed by atoms with van der Waals surface area (Å²) in [5, 5.41) is 0.880. The number of benzene rings is 1. The number of alkyl halides is 1. The highest BCUT2D eigenvalue weighted by Gasteiger charge is 2.07. The number of hydrogen-bond acceptors (Lipinski definition) is 2. The van der Waals surface area contributed by atoms with E-state index in [0.717, 1.165) is 11.6 Å². The molecule has 0 atom stereocenters. The topological polar surface area (TPSA) is 30.2 Å². The maximum atomic E-state index is 12.4. The molecule has 2 aromatic rings. The minimum atomic E-state index is -0.785. The molecule has 1 aromatic heterocycles. The first-order chi connectivity index (χ1) is 7.11. The van der Waals surface area contributed by atoms with Gasteiger partial charge in [0.2, 0.25) is 0 Å². The van der Waals surface area contributed by atoms with Crippen molar-refractivity contribution in [1.29, 1.82) is 0 Å². The maximum absolute atomic E-state index is 12.4. The fourth-order valence-corrected chi connectivity index (χ4v) is 1.56. The maximum Gasteiger partial charge on any atom is 0.193 e. The fourth-order valence-electron chi connectivity index (χ4n) is 1.39. The summed E-state index contributed by atoms with van der Waals surface area (Å²) in [4.78, 5) is 11.5. The number of rotatable bonds is 1. The Morgan fingerprint density at radius 3 is 2.80 bits per heavy atom. The second-order valence-electron chi connectivity index (χ2n) is 3.31. The molecule has 0 N–H and O–H groups in total. The van der Waals surface area contributed by atoms with Crippen LogP contribution in [0.1, 0.15) is 11.3 Å². The molecule has 0 bridgehead atoms. The van der Waals surface area contributed by atoms with Crippen molar-refractivity contribution < 1.29 is 8.81 Å². The monoisotopic (exact) mass is 226 g/mol. The summed E-state index contributed by atoms with van der Waals surface area (Å²) < 4.78 is 17.5. The number of fused-ring (bicyclic) bond motifs is 1. The van der Waals surface area contributed by atoms with Gasteiger partial charge in [0.15, 0.2) is 5.43 Å². The van der Waals surface area contributed by atoms with Gasteiger partial charge >= 0.3 is 0 Å². The Morgan fingerprint density at radius 1 is 1.40 bits per heavy atom. The molecule has 0 unspecified atom stereocenters. The van der Waals surface area contributed by atoms with Crippen molar-refractivity contribution in [2.45, 2.75) is 13.6 Å². The van der Waals surface area contributed by atoms with E-state index in [4.69, 9.17) is 16.0 Å². The van der Waals surface area contributed by atoms with Crippen LogP contribution in [0.4, 0.5) is 4.39 Å². The van der Waals surface area contributed by atoms with Crippen LogP contribution in [0.3, 0.4) is 0 Å². The van der Waals surface area contributed by atoms with Gasteiger partial charge in [0.25, 0.3) is 0 Å². The Labute approximate surface area is 90.3 Å². The van der Waals surface area contributed by atoms with Crippen molar-refractivity contribution in [3.05, 3.63) is 44.8 Å². The zero-order valence-corrected chi connectivity index (χ0v) is 8.77. The summed E-state index contributed by atoms with van der Waals surface area (Å²) >= 11 is 5.88. The van der Waals surface area contributed by atoms with Crippen LogP contribution in [-0.4, -0.2) is 0 Å².